The molecule has 4 nitrogen and oxygen atoms in total. The van der Waals surface area contributed by atoms with Crippen LogP contribution in [0, 0.1) is 11.8 Å². The van der Waals surface area contributed by atoms with Crippen LogP contribution in [-0.2, 0) is 9.53 Å². The Morgan fingerprint density at radius 3 is 2.95 bits per heavy atom. The van der Waals surface area contributed by atoms with E-state index in [0.717, 1.165) is 37.6 Å². The molecule has 3 unspecified atom stereocenters. The van der Waals surface area contributed by atoms with Gasteiger partial charge in [0.15, 0.2) is 0 Å². The Morgan fingerprint density at radius 1 is 1.48 bits per heavy atom. The van der Waals surface area contributed by atoms with E-state index >= 15 is 0 Å². The summed E-state index contributed by atoms with van der Waals surface area (Å²) in [6, 6.07) is 0.345. The second kappa shape index (κ2) is 9.93. The summed E-state index contributed by atoms with van der Waals surface area (Å²) in [5.74, 6) is 3.38. The zero-order valence-electron chi connectivity index (χ0n) is 13.1. The zero-order chi connectivity index (χ0) is 14.4. The van der Waals surface area contributed by atoms with Crippen LogP contribution in [0.3, 0.4) is 0 Å². The van der Waals surface area contributed by atoms with Crippen molar-refractivity contribution >= 4 is 30.1 Å². The molecule has 0 aromatic rings. The Kier molecular flexibility index (Phi) is 9.02. The first-order valence-corrected chi connectivity index (χ1v) is 9.01. The number of ether oxygens (including phenoxy) is 1. The third-order valence-electron chi connectivity index (χ3n) is 4.14. The van der Waals surface area contributed by atoms with Gasteiger partial charge in [-0.2, -0.15) is 11.8 Å². The molecule has 2 aliphatic heterocycles. The van der Waals surface area contributed by atoms with Crippen LogP contribution in [0.4, 0.5) is 0 Å². The molecule has 3 atom stereocenters. The molecule has 0 radical (unpaired) electrons. The van der Waals surface area contributed by atoms with E-state index in [2.05, 4.69) is 24.5 Å². The number of rotatable bonds is 5. The monoisotopic (exact) mass is 336 g/mol. The Bertz CT molecular complexity index is 312. The maximum atomic E-state index is 12.0. The van der Waals surface area contributed by atoms with Gasteiger partial charge in [0.25, 0.3) is 0 Å². The molecule has 1 amide bonds. The van der Waals surface area contributed by atoms with Crippen molar-refractivity contribution in [2.24, 2.45) is 11.8 Å². The summed E-state index contributed by atoms with van der Waals surface area (Å²) in [4.78, 5) is 12.0. The van der Waals surface area contributed by atoms with Gasteiger partial charge in [-0.25, -0.2) is 0 Å². The van der Waals surface area contributed by atoms with E-state index in [4.69, 9.17) is 4.74 Å². The highest BCUT2D eigenvalue weighted by Gasteiger charge is 2.28. The fourth-order valence-corrected chi connectivity index (χ4v) is 4.06. The van der Waals surface area contributed by atoms with Gasteiger partial charge in [-0.3, -0.25) is 4.79 Å². The SMILES string of the molecule is CC(C)C1OCCCC1CNC(=O)CC1CSCCN1.Cl. The lowest BCUT2D eigenvalue weighted by Crippen LogP contribution is -2.44. The number of amides is 1. The number of hydrogen-bond acceptors (Lipinski definition) is 4. The first-order valence-electron chi connectivity index (χ1n) is 7.86. The van der Waals surface area contributed by atoms with Crippen molar-refractivity contribution in [2.75, 3.05) is 31.2 Å². The van der Waals surface area contributed by atoms with E-state index in [1.807, 2.05) is 11.8 Å². The smallest absolute Gasteiger partial charge is 0.221 e. The molecule has 2 rings (SSSR count). The van der Waals surface area contributed by atoms with Crippen LogP contribution in [0.1, 0.15) is 33.1 Å². The molecule has 2 saturated heterocycles. The van der Waals surface area contributed by atoms with Crippen molar-refractivity contribution in [1.29, 1.82) is 0 Å². The second-order valence-electron chi connectivity index (χ2n) is 6.22. The van der Waals surface area contributed by atoms with E-state index in [1.165, 1.54) is 6.42 Å². The van der Waals surface area contributed by atoms with E-state index in [9.17, 15) is 4.79 Å². The van der Waals surface area contributed by atoms with Crippen LogP contribution < -0.4 is 10.6 Å². The highest BCUT2D eigenvalue weighted by molar-refractivity contribution is 7.99. The number of hydrogen-bond donors (Lipinski definition) is 2. The first-order chi connectivity index (χ1) is 9.66. The summed E-state index contributed by atoms with van der Waals surface area (Å²) in [7, 11) is 0. The van der Waals surface area contributed by atoms with Gasteiger partial charge in [0.1, 0.15) is 0 Å². The average Bonchev–Trinajstić information content (AvgIpc) is 2.46. The lowest BCUT2D eigenvalue weighted by atomic mass is 9.87. The summed E-state index contributed by atoms with van der Waals surface area (Å²) in [6.07, 6.45) is 3.19. The van der Waals surface area contributed by atoms with Gasteiger partial charge in [-0.05, 0) is 18.8 Å². The molecule has 0 aromatic heterocycles. The molecule has 0 spiro atoms. The maximum Gasteiger partial charge on any atom is 0.221 e. The Hall–Kier alpha value is 0.0300. The summed E-state index contributed by atoms with van der Waals surface area (Å²) < 4.78 is 5.87. The zero-order valence-corrected chi connectivity index (χ0v) is 14.7. The van der Waals surface area contributed by atoms with E-state index in [-0.39, 0.29) is 18.3 Å². The predicted octanol–water partition coefficient (Wildman–Crippen LogP) is 2.07. The van der Waals surface area contributed by atoms with Gasteiger partial charge in [0.2, 0.25) is 5.91 Å². The van der Waals surface area contributed by atoms with E-state index in [1.54, 1.807) is 0 Å². The van der Waals surface area contributed by atoms with Crippen LogP contribution in [0.2, 0.25) is 0 Å². The van der Waals surface area contributed by atoms with Crippen LogP contribution in [0.25, 0.3) is 0 Å². The molecule has 2 heterocycles. The van der Waals surface area contributed by atoms with Crippen LogP contribution in [0.5, 0.6) is 0 Å². The molecule has 2 N–H and O–H groups in total. The number of halogens is 1. The molecule has 124 valence electrons. The standard InChI is InChI=1S/C15H28N2O2S.ClH/c1-11(2)15-12(4-3-6-19-15)9-17-14(18)8-13-10-20-7-5-16-13;/h11-13,15-16H,3-10H2,1-2H3,(H,17,18);1H. The molecule has 0 aliphatic carbocycles. The van der Waals surface area contributed by atoms with Crippen LogP contribution in [-0.4, -0.2) is 49.3 Å². The highest BCUT2D eigenvalue weighted by atomic mass is 35.5. The topological polar surface area (TPSA) is 50.4 Å². The number of nitrogens with one attached hydrogen (secondary N) is 2. The van der Waals surface area contributed by atoms with Crippen molar-refractivity contribution in [2.45, 2.75) is 45.3 Å². The van der Waals surface area contributed by atoms with Crippen molar-refractivity contribution < 1.29 is 9.53 Å². The fraction of sp³-hybridized carbons (Fsp3) is 0.933. The minimum Gasteiger partial charge on any atom is -0.378 e. The molecular formula is C15H29ClN2O2S. The van der Waals surface area contributed by atoms with Gasteiger partial charge in [-0.15, -0.1) is 12.4 Å². The minimum atomic E-state index is 0. The number of carbonyl (C=O) groups excluding carboxylic acids is 1. The van der Waals surface area contributed by atoms with Gasteiger partial charge < -0.3 is 15.4 Å². The van der Waals surface area contributed by atoms with Crippen molar-refractivity contribution in [1.82, 2.24) is 10.6 Å². The van der Waals surface area contributed by atoms with Crippen LogP contribution in [0.15, 0.2) is 0 Å². The van der Waals surface area contributed by atoms with Crippen molar-refractivity contribution in [3.63, 3.8) is 0 Å². The van der Waals surface area contributed by atoms with Gasteiger partial charge >= 0.3 is 0 Å². The molecule has 21 heavy (non-hydrogen) atoms. The number of thioether (sulfide) groups is 1. The Labute approximate surface area is 138 Å². The Balaban J connectivity index is 0.00000220. The van der Waals surface area contributed by atoms with E-state index in [0.29, 0.717) is 30.4 Å². The normalized spacial score (nSPS) is 29.8. The lowest BCUT2D eigenvalue weighted by Gasteiger charge is -2.34. The van der Waals surface area contributed by atoms with Crippen molar-refractivity contribution in [3.05, 3.63) is 0 Å². The number of carbonyl (C=O) groups is 1. The molecule has 0 aromatic carbocycles. The maximum absolute atomic E-state index is 12.0. The van der Waals surface area contributed by atoms with E-state index < -0.39 is 0 Å². The first kappa shape index (κ1) is 19.1. The predicted molar refractivity (Wildman–Crippen MR) is 91.3 cm³/mol. The fourth-order valence-electron chi connectivity index (χ4n) is 3.11. The molecule has 0 bridgehead atoms. The summed E-state index contributed by atoms with van der Waals surface area (Å²) in [5, 5.41) is 6.52. The molecule has 2 aliphatic rings. The van der Waals surface area contributed by atoms with Gasteiger partial charge in [0, 0.05) is 49.6 Å². The van der Waals surface area contributed by atoms with Gasteiger partial charge in [0.05, 0.1) is 6.10 Å². The Morgan fingerprint density at radius 2 is 2.29 bits per heavy atom. The highest BCUT2D eigenvalue weighted by Crippen LogP contribution is 2.25. The second-order valence-corrected chi connectivity index (χ2v) is 7.37. The third-order valence-corrected chi connectivity index (χ3v) is 5.27. The summed E-state index contributed by atoms with van der Waals surface area (Å²) >= 11 is 1.93. The molecular weight excluding hydrogens is 308 g/mol. The third kappa shape index (κ3) is 6.35. The summed E-state index contributed by atoms with van der Waals surface area (Å²) in [6.45, 7) is 7.06. The average molecular weight is 337 g/mol. The van der Waals surface area contributed by atoms with Crippen LogP contribution >= 0.6 is 24.2 Å². The molecule has 2 fully saturated rings. The quantitative estimate of drug-likeness (QED) is 0.807. The minimum absolute atomic E-state index is 0. The van der Waals surface area contributed by atoms with Gasteiger partial charge in [-0.1, -0.05) is 13.8 Å². The van der Waals surface area contributed by atoms with Crippen molar-refractivity contribution in [3.8, 4) is 0 Å². The summed E-state index contributed by atoms with van der Waals surface area (Å²) in [5.41, 5.74) is 0. The largest absolute Gasteiger partial charge is 0.378 e. The lowest BCUT2D eigenvalue weighted by molar-refractivity contribution is -0.122. The molecule has 0 saturated carbocycles. The molecule has 6 heteroatoms.